The summed E-state index contributed by atoms with van der Waals surface area (Å²) in [6, 6.07) is 22.9. The van der Waals surface area contributed by atoms with E-state index >= 15 is 0 Å². The van der Waals surface area contributed by atoms with Crippen molar-refractivity contribution in [1.82, 2.24) is 0 Å². The number of amides is 1. The highest BCUT2D eigenvalue weighted by Crippen LogP contribution is 2.37. The van der Waals surface area contributed by atoms with Crippen LogP contribution in [0.4, 0.5) is 10.1 Å². The molecule has 0 aliphatic heterocycles. The number of methoxy groups -OCH3 is 1. The molecular formula is C21H18FNO2S. The average Bonchev–Trinajstić information content (AvgIpc) is 2.68. The number of halogens is 1. The van der Waals surface area contributed by atoms with E-state index < -0.39 is 5.25 Å². The van der Waals surface area contributed by atoms with Crippen molar-refractivity contribution < 1.29 is 13.9 Å². The Balaban J connectivity index is 1.84. The van der Waals surface area contributed by atoms with Crippen LogP contribution in [-0.4, -0.2) is 13.0 Å². The smallest absolute Gasteiger partial charge is 0.242 e. The number of hydrogen-bond donors (Lipinski definition) is 1. The van der Waals surface area contributed by atoms with Crippen LogP contribution in [0.2, 0.25) is 0 Å². The molecule has 0 spiro atoms. The second-order valence-corrected chi connectivity index (χ2v) is 6.70. The van der Waals surface area contributed by atoms with Gasteiger partial charge in [-0.1, -0.05) is 42.5 Å². The molecule has 3 aromatic rings. The molecule has 132 valence electrons. The van der Waals surface area contributed by atoms with Crippen molar-refractivity contribution in [2.24, 2.45) is 0 Å². The van der Waals surface area contributed by atoms with E-state index in [1.54, 1.807) is 49.6 Å². The first-order valence-electron chi connectivity index (χ1n) is 8.08. The van der Waals surface area contributed by atoms with E-state index in [4.69, 9.17) is 4.74 Å². The molecule has 1 amide bonds. The van der Waals surface area contributed by atoms with Crippen LogP contribution < -0.4 is 10.1 Å². The minimum absolute atomic E-state index is 0.213. The first-order chi connectivity index (χ1) is 12.7. The van der Waals surface area contributed by atoms with Gasteiger partial charge in [0.2, 0.25) is 5.91 Å². The summed E-state index contributed by atoms with van der Waals surface area (Å²) in [4.78, 5) is 13.3. The molecule has 3 rings (SSSR count). The van der Waals surface area contributed by atoms with E-state index in [0.717, 1.165) is 5.56 Å². The van der Waals surface area contributed by atoms with Gasteiger partial charge in [0.05, 0.1) is 7.11 Å². The minimum Gasteiger partial charge on any atom is -0.497 e. The van der Waals surface area contributed by atoms with Gasteiger partial charge in [-0.3, -0.25) is 4.79 Å². The fourth-order valence-electron chi connectivity index (χ4n) is 2.45. The Morgan fingerprint density at radius 2 is 1.62 bits per heavy atom. The summed E-state index contributed by atoms with van der Waals surface area (Å²) in [7, 11) is 1.59. The summed E-state index contributed by atoms with van der Waals surface area (Å²) in [5.41, 5.74) is 1.47. The van der Waals surface area contributed by atoms with Gasteiger partial charge in [0, 0.05) is 10.6 Å². The molecule has 26 heavy (non-hydrogen) atoms. The van der Waals surface area contributed by atoms with Gasteiger partial charge in [-0.2, -0.15) is 0 Å². The molecule has 3 aromatic carbocycles. The summed E-state index contributed by atoms with van der Waals surface area (Å²) >= 11 is 1.19. The number of anilines is 1. The zero-order valence-electron chi connectivity index (χ0n) is 14.2. The molecule has 0 aliphatic rings. The van der Waals surface area contributed by atoms with Crippen molar-refractivity contribution in [2.75, 3.05) is 12.4 Å². The van der Waals surface area contributed by atoms with Crippen molar-refractivity contribution >= 4 is 23.4 Å². The molecule has 1 atom stereocenters. The third-order valence-corrected chi connectivity index (χ3v) is 5.09. The van der Waals surface area contributed by atoms with Gasteiger partial charge in [0.15, 0.2) is 0 Å². The Hall–Kier alpha value is -2.79. The molecule has 0 aromatic heterocycles. The van der Waals surface area contributed by atoms with Gasteiger partial charge in [-0.25, -0.2) is 4.39 Å². The monoisotopic (exact) mass is 367 g/mol. The lowest BCUT2D eigenvalue weighted by Crippen LogP contribution is -2.19. The molecule has 0 saturated heterocycles. The molecule has 1 N–H and O–H groups in total. The number of carbonyl (C=O) groups is 1. The highest BCUT2D eigenvalue weighted by Gasteiger charge is 2.23. The van der Waals surface area contributed by atoms with Crippen LogP contribution >= 0.6 is 11.8 Å². The van der Waals surface area contributed by atoms with Gasteiger partial charge in [0.1, 0.15) is 16.8 Å². The number of thioether (sulfide) groups is 1. The standard InChI is InChI=1S/C21H18FNO2S/c1-25-17-13-11-16(12-14-17)23-21(24)20(15-7-3-2-4-8-15)26-19-10-6-5-9-18(19)22/h2-14,20H,1H3,(H,23,24). The molecule has 0 heterocycles. The number of benzene rings is 3. The molecule has 0 bridgehead atoms. The molecule has 5 heteroatoms. The van der Waals surface area contributed by atoms with Crippen molar-refractivity contribution in [3.63, 3.8) is 0 Å². The van der Waals surface area contributed by atoms with Crippen LogP contribution in [0.5, 0.6) is 5.75 Å². The quantitative estimate of drug-likeness (QED) is 0.600. The summed E-state index contributed by atoms with van der Waals surface area (Å²) in [5, 5.41) is 2.32. The Labute approximate surface area is 156 Å². The Bertz CT molecular complexity index is 869. The number of nitrogens with one attached hydrogen (secondary N) is 1. The highest BCUT2D eigenvalue weighted by atomic mass is 32.2. The van der Waals surface area contributed by atoms with Crippen LogP contribution in [0, 0.1) is 5.82 Å². The van der Waals surface area contributed by atoms with Crippen molar-refractivity contribution in [2.45, 2.75) is 10.1 Å². The first kappa shape index (κ1) is 18.0. The van der Waals surface area contributed by atoms with Crippen molar-refractivity contribution in [3.8, 4) is 5.75 Å². The Morgan fingerprint density at radius 1 is 0.962 bits per heavy atom. The van der Waals surface area contributed by atoms with Crippen LogP contribution in [0.3, 0.4) is 0 Å². The fraction of sp³-hybridized carbons (Fsp3) is 0.0952. The van der Waals surface area contributed by atoms with Crippen molar-refractivity contribution in [3.05, 3.63) is 90.2 Å². The molecule has 0 aliphatic carbocycles. The van der Waals surface area contributed by atoms with E-state index in [2.05, 4.69) is 5.32 Å². The van der Waals surface area contributed by atoms with Crippen molar-refractivity contribution in [1.29, 1.82) is 0 Å². The zero-order chi connectivity index (χ0) is 18.4. The molecule has 0 saturated carbocycles. The van der Waals surface area contributed by atoms with E-state index in [0.29, 0.717) is 16.3 Å². The van der Waals surface area contributed by atoms with Gasteiger partial charge in [0.25, 0.3) is 0 Å². The SMILES string of the molecule is COc1ccc(NC(=O)C(Sc2ccccc2F)c2ccccc2)cc1. The van der Waals surface area contributed by atoms with Crippen LogP contribution in [0.1, 0.15) is 10.8 Å². The van der Waals surface area contributed by atoms with Gasteiger partial charge >= 0.3 is 0 Å². The lowest BCUT2D eigenvalue weighted by Gasteiger charge is -2.17. The third-order valence-electron chi connectivity index (χ3n) is 3.78. The van der Waals surface area contributed by atoms with Crippen LogP contribution in [-0.2, 0) is 4.79 Å². The highest BCUT2D eigenvalue weighted by molar-refractivity contribution is 8.00. The number of carbonyl (C=O) groups excluding carboxylic acids is 1. The third kappa shape index (κ3) is 4.43. The maximum Gasteiger partial charge on any atom is 0.242 e. The van der Waals surface area contributed by atoms with Gasteiger partial charge in [-0.05, 0) is 42.0 Å². The normalized spacial score (nSPS) is 11.6. The Kier molecular flexibility index (Phi) is 5.92. The van der Waals surface area contributed by atoms with E-state index in [1.807, 2.05) is 30.3 Å². The first-order valence-corrected chi connectivity index (χ1v) is 8.96. The average molecular weight is 367 g/mol. The second kappa shape index (κ2) is 8.54. The molecule has 0 fully saturated rings. The predicted octanol–water partition coefficient (Wildman–Crippen LogP) is 5.31. The van der Waals surface area contributed by atoms with E-state index in [-0.39, 0.29) is 11.7 Å². The molecular weight excluding hydrogens is 349 g/mol. The molecule has 1 unspecified atom stereocenters. The maximum atomic E-state index is 14.1. The maximum absolute atomic E-state index is 14.1. The van der Waals surface area contributed by atoms with E-state index in [1.165, 1.54) is 17.8 Å². The van der Waals surface area contributed by atoms with Crippen LogP contribution in [0.25, 0.3) is 0 Å². The van der Waals surface area contributed by atoms with E-state index in [9.17, 15) is 9.18 Å². The number of hydrogen-bond acceptors (Lipinski definition) is 3. The lowest BCUT2D eigenvalue weighted by molar-refractivity contribution is -0.115. The second-order valence-electron chi connectivity index (χ2n) is 5.56. The lowest BCUT2D eigenvalue weighted by atomic mass is 10.1. The summed E-state index contributed by atoms with van der Waals surface area (Å²) in [6.45, 7) is 0. The Morgan fingerprint density at radius 3 is 2.27 bits per heavy atom. The zero-order valence-corrected chi connectivity index (χ0v) is 15.0. The number of rotatable bonds is 6. The molecule has 3 nitrogen and oxygen atoms in total. The van der Waals surface area contributed by atoms with Gasteiger partial charge in [-0.15, -0.1) is 11.8 Å². The predicted molar refractivity (Wildman–Crippen MR) is 103 cm³/mol. The number of ether oxygens (including phenoxy) is 1. The molecule has 0 radical (unpaired) electrons. The topological polar surface area (TPSA) is 38.3 Å². The van der Waals surface area contributed by atoms with Gasteiger partial charge < -0.3 is 10.1 Å². The summed E-state index contributed by atoms with van der Waals surface area (Å²) in [6.07, 6.45) is 0. The fourth-order valence-corrected chi connectivity index (χ4v) is 3.50. The minimum atomic E-state index is -0.574. The van der Waals surface area contributed by atoms with Crippen LogP contribution in [0.15, 0.2) is 83.8 Å². The summed E-state index contributed by atoms with van der Waals surface area (Å²) < 4.78 is 19.2. The largest absolute Gasteiger partial charge is 0.497 e. The summed E-state index contributed by atoms with van der Waals surface area (Å²) in [5.74, 6) is 0.161.